The van der Waals surface area contributed by atoms with Crippen LogP contribution >= 0.6 is 0 Å². The molecule has 2 rings (SSSR count). The number of hydrogen-bond donors (Lipinski definition) is 1. The monoisotopic (exact) mass is 272 g/mol. The summed E-state index contributed by atoms with van der Waals surface area (Å²) in [5.74, 6) is 1.07. The van der Waals surface area contributed by atoms with E-state index in [4.69, 9.17) is 0 Å². The van der Waals surface area contributed by atoms with Crippen LogP contribution in [0.1, 0.15) is 31.7 Å². The Morgan fingerprint density at radius 1 is 1.20 bits per heavy atom. The van der Waals surface area contributed by atoms with Crippen molar-refractivity contribution in [2.24, 2.45) is 0 Å². The average Bonchev–Trinajstić information content (AvgIpc) is 2.94. The fraction of sp³-hybridized carbons (Fsp3) is 0.500. The topological polar surface area (TPSA) is 42.7 Å². The van der Waals surface area contributed by atoms with Crippen molar-refractivity contribution in [2.45, 2.75) is 45.7 Å². The first-order valence-corrected chi connectivity index (χ1v) is 7.43. The highest BCUT2D eigenvalue weighted by molar-refractivity contribution is 5.14. The van der Waals surface area contributed by atoms with Crippen molar-refractivity contribution in [1.82, 2.24) is 20.1 Å². The van der Waals surface area contributed by atoms with Crippen LogP contribution in [0.4, 0.5) is 0 Å². The van der Waals surface area contributed by atoms with E-state index in [1.165, 1.54) is 5.56 Å². The quantitative estimate of drug-likeness (QED) is 0.802. The van der Waals surface area contributed by atoms with Crippen LogP contribution in [-0.4, -0.2) is 27.4 Å². The molecule has 20 heavy (non-hydrogen) atoms. The molecule has 108 valence electrons. The van der Waals surface area contributed by atoms with Gasteiger partial charge in [0.1, 0.15) is 12.2 Å². The van der Waals surface area contributed by atoms with Crippen LogP contribution in [0.3, 0.4) is 0 Å². The molecule has 4 nitrogen and oxygen atoms in total. The highest BCUT2D eigenvalue weighted by Gasteiger charge is 2.05. The predicted octanol–water partition coefficient (Wildman–Crippen LogP) is 2.45. The summed E-state index contributed by atoms with van der Waals surface area (Å²) in [5.41, 5.74) is 1.41. The van der Waals surface area contributed by atoms with Gasteiger partial charge in [0.25, 0.3) is 0 Å². The molecule has 0 aliphatic carbocycles. The van der Waals surface area contributed by atoms with E-state index in [2.05, 4.69) is 64.3 Å². The smallest absolute Gasteiger partial charge is 0.134 e. The lowest BCUT2D eigenvalue weighted by molar-refractivity contribution is 0.509. The van der Waals surface area contributed by atoms with Gasteiger partial charge in [-0.15, -0.1) is 10.2 Å². The minimum atomic E-state index is 0.521. The minimum Gasteiger partial charge on any atom is -0.318 e. The molecule has 4 heteroatoms. The Bertz CT molecular complexity index is 492. The summed E-state index contributed by atoms with van der Waals surface area (Å²) >= 11 is 0. The molecule has 1 aromatic carbocycles. The Morgan fingerprint density at radius 2 is 2.00 bits per heavy atom. The number of nitrogens with zero attached hydrogens (tertiary/aromatic N) is 3. The summed E-state index contributed by atoms with van der Waals surface area (Å²) in [5, 5.41) is 11.7. The molecule has 0 radical (unpaired) electrons. The number of benzene rings is 1. The Kier molecular flexibility index (Phi) is 5.74. The second-order valence-corrected chi connectivity index (χ2v) is 5.16. The summed E-state index contributed by atoms with van der Waals surface area (Å²) in [4.78, 5) is 0. The first-order chi connectivity index (χ1) is 9.79. The summed E-state index contributed by atoms with van der Waals surface area (Å²) in [6.07, 6.45) is 5.02. The Labute approximate surface area is 121 Å². The Morgan fingerprint density at radius 3 is 2.75 bits per heavy atom. The van der Waals surface area contributed by atoms with Gasteiger partial charge in [-0.05, 0) is 32.3 Å². The molecule has 1 atom stereocenters. The van der Waals surface area contributed by atoms with Crippen molar-refractivity contribution >= 4 is 0 Å². The van der Waals surface area contributed by atoms with Crippen molar-refractivity contribution in [3.8, 4) is 0 Å². The van der Waals surface area contributed by atoms with Crippen LogP contribution in [0.15, 0.2) is 36.7 Å². The highest BCUT2D eigenvalue weighted by atomic mass is 15.3. The molecular formula is C16H24N4. The lowest BCUT2D eigenvalue weighted by Crippen LogP contribution is -2.29. The maximum atomic E-state index is 4.15. The lowest BCUT2D eigenvalue weighted by Gasteiger charge is -2.13. The van der Waals surface area contributed by atoms with Gasteiger partial charge in [0, 0.05) is 25.6 Å². The Hall–Kier alpha value is -1.68. The van der Waals surface area contributed by atoms with Crippen LogP contribution < -0.4 is 5.32 Å². The van der Waals surface area contributed by atoms with Gasteiger partial charge in [0.2, 0.25) is 0 Å². The SMILES string of the molecule is CCn1cnnc1CCN[C@@H](C)CCc1ccccc1. The average molecular weight is 272 g/mol. The van der Waals surface area contributed by atoms with E-state index in [1.807, 2.05) is 0 Å². The first-order valence-electron chi connectivity index (χ1n) is 7.43. The van der Waals surface area contributed by atoms with Crippen molar-refractivity contribution in [3.63, 3.8) is 0 Å². The summed E-state index contributed by atoms with van der Waals surface area (Å²) in [6, 6.07) is 11.2. The van der Waals surface area contributed by atoms with E-state index in [9.17, 15) is 0 Å². The largest absolute Gasteiger partial charge is 0.318 e. The first kappa shape index (κ1) is 14.7. The summed E-state index contributed by atoms with van der Waals surface area (Å²) in [6.45, 7) is 6.25. The van der Waals surface area contributed by atoms with Gasteiger partial charge in [0.15, 0.2) is 0 Å². The predicted molar refractivity (Wildman–Crippen MR) is 81.6 cm³/mol. The van der Waals surface area contributed by atoms with Gasteiger partial charge in [-0.3, -0.25) is 0 Å². The normalized spacial score (nSPS) is 12.5. The van der Waals surface area contributed by atoms with E-state index in [1.54, 1.807) is 6.33 Å². The van der Waals surface area contributed by atoms with Crippen molar-refractivity contribution in [2.75, 3.05) is 6.54 Å². The number of aromatic nitrogens is 3. The second kappa shape index (κ2) is 7.80. The zero-order valence-corrected chi connectivity index (χ0v) is 12.4. The molecule has 0 unspecified atom stereocenters. The van der Waals surface area contributed by atoms with E-state index in [-0.39, 0.29) is 0 Å². The van der Waals surface area contributed by atoms with Gasteiger partial charge in [0.05, 0.1) is 0 Å². The molecule has 0 aliphatic heterocycles. The minimum absolute atomic E-state index is 0.521. The van der Waals surface area contributed by atoms with Gasteiger partial charge in [-0.1, -0.05) is 30.3 Å². The van der Waals surface area contributed by atoms with Crippen LogP contribution in [0.5, 0.6) is 0 Å². The molecule has 0 fully saturated rings. The van der Waals surface area contributed by atoms with E-state index < -0.39 is 0 Å². The zero-order chi connectivity index (χ0) is 14.2. The molecule has 1 aromatic heterocycles. The number of aryl methyl sites for hydroxylation is 2. The third-order valence-corrected chi connectivity index (χ3v) is 3.59. The molecule has 0 saturated heterocycles. The fourth-order valence-electron chi connectivity index (χ4n) is 2.30. The molecule has 0 saturated carbocycles. The third-order valence-electron chi connectivity index (χ3n) is 3.59. The van der Waals surface area contributed by atoms with Crippen LogP contribution in [0, 0.1) is 0 Å². The molecule has 2 aromatic rings. The van der Waals surface area contributed by atoms with Gasteiger partial charge in [-0.2, -0.15) is 0 Å². The van der Waals surface area contributed by atoms with Crippen molar-refractivity contribution in [3.05, 3.63) is 48.0 Å². The molecule has 0 bridgehead atoms. The van der Waals surface area contributed by atoms with Crippen LogP contribution in [-0.2, 0) is 19.4 Å². The molecule has 0 spiro atoms. The van der Waals surface area contributed by atoms with E-state index in [0.29, 0.717) is 6.04 Å². The number of nitrogens with one attached hydrogen (secondary N) is 1. The van der Waals surface area contributed by atoms with Gasteiger partial charge < -0.3 is 9.88 Å². The Balaban J connectivity index is 1.66. The van der Waals surface area contributed by atoms with Crippen molar-refractivity contribution < 1.29 is 0 Å². The van der Waals surface area contributed by atoms with E-state index >= 15 is 0 Å². The standard InChI is InChI=1S/C16H24N4/c1-3-20-13-18-19-16(20)11-12-17-14(2)9-10-15-7-5-4-6-8-15/h4-8,13-14,17H,3,9-12H2,1-2H3/t14-/m0/s1. The van der Waals surface area contributed by atoms with Gasteiger partial charge >= 0.3 is 0 Å². The zero-order valence-electron chi connectivity index (χ0n) is 12.4. The maximum Gasteiger partial charge on any atom is 0.134 e. The van der Waals surface area contributed by atoms with Crippen LogP contribution in [0.2, 0.25) is 0 Å². The fourth-order valence-corrected chi connectivity index (χ4v) is 2.30. The van der Waals surface area contributed by atoms with Crippen molar-refractivity contribution in [1.29, 1.82) is 0 Å². The third kappa shape index (κ3) is 4.46. The summed E-state index contributed by atoms with van der Waals surface area (Å²) in [7, 11) is 0. The summed E-state index contributed by atoms with van der Waals surface area (Å²) < 4.78 is 2.09. The second-order valence-electron chi connectivity index (χ2n) is 5.16. The number of hydrogen-bond acceptors (Lipinski definition) is 3. The molecule has 0 amide bonds. The molecule has 1 N–H and O–H groups in total. The molecular weight excluding hydrogens is 248 g/mol. The lowest BCUT2D eigenvalue weighted by atomic mass is 10.1. The van der Waals surface area contributed by atoms with E-state index in [0.717, 1.165) is 38.2 Å². The number of rotatable bonds is 8. The van der Waals surface area contributed by atoms with Gasteiger partial charge in [-0.25, -0.2) is 0 Å². The molecule has 1 heterocycles. The van der Waals surface area contributed by atoms with Crippen LogP contribution in [0.25, 0.3) is 0 Å². The highest BCUT2D eigenvalue weighted by Crippen LogP contribution is 2.05. The molecule has 0 aliphatic rings. The maximum absolute atomic E-state index is 4.15.